The number of halogens is 1. The molecule has 0 saturated heterocycles. The highest BCUT2D eigenvalue weighted by molar-refractivity contribution is 7.92. The van der Waals surface area contributed by atoms with Crippen molar-refractivity contribution in [2.75, 3.05) is 23.8 Å². The van der Waals surface area contributed by atoms with E-state index >= 15 is 0 Å². The van der Waals surface area contributed by atoms with Gasteiger partial charge in [0.25, 0.3) is 15.9 Å². The molecule has 4 rings (SSSR count). The van der Waals surface area contributed by atoms with Gasteiger partial charge in [-0.05, 0) is 43.2 Å². The summed E-state index contributed by atoms with van der Waals surface area (Å²) in [4.78, 5) is 13.0. The molecule has 7 nitrogen and oxygen atoms in total. The largest absolute Gasteiger partial charge is 0.493 e. The van der Waals surface area contributed by atoms with Crippen molar-refractivity contribution < 1.29 is 22.7 Å². The van der Waals surface area contributed by atoms with Crippen LogP contribution in [0.5, 0.6) is 11.5 Å². The van der Waals surface area contributed by atoms with Crippen LogP contribution in [0.4, 0.5) is 11.4 Å². The molecule has 33 heavy (non-hydrogen) atoms. The van der Waals surface area contributed by atoms with Crippen LogP contribution in [0, 0.1) is 0 Å². The van der Waals surface area contributed by atoms with E-state index in [1.807, 2.05) is 25.1 Å². The number of methoxy groups -OCH3 is 2. The predicted octanol–water partition coefficient (Wildman–Crippen LogP) is 4.75. The Hall–Kier alpha value is -3.23. The maximum Gasteiger partial charge on any atom is 0.264 e. The molecule has 1 aliphatic rings. The average molecular weight is 487 g/mol. The topological polar surface area (TPSA) is 84.9 Å². The van der Waals surface area contributed by atoms with Gasteiger partial charge in [-0.1, -0.05) is 35.9 Å². The molecule has 172 valence electrons. The number of carbonyl (C=O) groups excluding carboxylic acids is 1. The fraction of sp³-hybridized carbons (Fsp3) is 0.208. The zero-order valence-corrected chi connectivity index (χ0v) is 19.9. The van der Waals surface area contributed by atoms with E-state index in [1.165, 1.54) is 36.7 Å². The Bertz CT molecular complexity index is 1330. The number of rotatable bonds is 6. The van der Waals surface area contributed by atoms with E-state index < -0.39 is 15.9 Å². The van der Waals surface area contributed by atoms with Gasteiger partial charge in [0, 0.05) is 23.7 Å². The smallest absolute Gasteiger partial charge is 0.264 e. The van der Waals surface area contributed by atoms with Crippen molar-refractivity contribution in [1.29, 1.82) is 0 Å². The molecule has 1 heterocycles. The van der Waals surface area contributed by atoms with Gasteiger partial charge in [-0.2, -0.15) is 0 Å². The second kappa shape index (κ2) is 8.96. The minimum Gasteiger partial charge on any atom is -0.493 e. The zero-order valence-electron chi connectivity index (χ0n) is 18.3. The van der Waals surface area contributed by atoms with E-state index in [-0.39, 0.29) is 21.5 Å². The lowest BCUT2D eigenvalue weighted by Crippen LogP contribution is -2.35. The van der Waals surface area contributed by atoms with Crippen LogP contribution in [0.25, 0.3) is 0 Å². The van der Waals surface area contributed by atoms with Gasteiger partial charge in [0.2, 0.25) is 0 Å². The molecule has 9 heteroatoms. The number of para-hydroxylation sites is 1. The number of nitrogens with zero attached hydrogens (tertiary/aromatic N) is 1. The molecular formula is C24H23ClN2O5S. The fourth-order valence-corrected chi connectivity index (χ4v) is 5.90. The van der Waals surface area contributed by atoms with Gasteiger partial charge >= 0.3 is 0 Å². The normalized spacial score (nSPS) is 15.2. The average Bonchev–Trinajstić information content (AvgIpc) is 3.16. The maximum absolute atomic E-state index is 13.5. The molecule has 0 spiro atoms. The third-order valence-corrected chi connectivity index (χ3v) is 7.76. The van der Waals surface area contributed by atoms with E-state index in [0.29, 0.717) is 29.3 Å². The Labute approximate surface area is 197 Å². The highest BCUT2D eigenvalue weighted by atomic mass is 35.5. The second-order valence-electron chi connectivity index (χ2n) is 7.65. The molecule has 1 N–H and O–H groups in total. The standard InChI is InChI=1S/C24H23ClN2O5S/c1-15-11-16-7-4-5-10-21(16)27(15)33(29,30)18-9-6-8-17(12-18)24(28)26-20-14-23(32-3)22(31-2)13-19(20)25/h4-10,12-15H,11H2,1-3H3,(H,26,28). The molecule has 0 aromatic heterocycles. The molecule has 3 aromatic rings. The van der Waals surface area contributed by atoms with Crippen molar-refractivity contribution in [2.24, 2.45) is 0 Å². The monoisotopic (exact) mass is 486 g/mol. The quantitative estimate of drug-likeness (QED) is 0.543. The zero-order chi connectivity index (χ0) is 23.8. The summed E-state index contributed by atoms with van der Waals surface area (Å²) in [6, 6.07) is 16.2. The number of sulfonamides is 1. The van der Waals surface area contributed by atoms with Crippen LogP contribution in [-0.2, 0) is 16.4 Å². The van der Waals surface area contributed by atoms with Crippen LogP contribution < -0.4 is 19.1 Å². The summed E-state index contributed by atoms with van der Waals surface area (Å²) in [6.07, 6.45) is 0.632. The Morgan fingerprint density at radius 1 is 1.03 bits per heavy atom. The van der Waals surface area contributed by atoms with Crippen LogP contribution in [0.1, 0.15) is 22.8 Å². The summed E-state index contributed by atoms with van der Waals surface area (Å²) in [5, 5.41) is 2.97. The number of anilines is 2. The first-order valence-electron chi connectivity index (χ1n) is 10.2. The van der Waals surface area contributed by atoms with Crippen LogP contribution in [0.15, 0.2) is 65.6 Å². The molecular weight excluding hydrogens is 464 g/mol. The summed E-state index contributed by atoms with van der Waals surface area (Å²) < 4.78 is 38.9. The van der Waals surface area contributed by atoms with Crippen molar-refractivity contribution in [3.05, 3.63) is 76.8 Å². The van der Waals surface area contributed by atoms with E-state index in [4.69, 9.17) is 21.1 Å². The van der Waals surface area contributed by atoms with Gasteiger partial charge in [0.05, 0.1) is 35.5 Å². The number of amides is 1. The van der Waals surface area contributed by atoms with E-state index in [0.717, 1.165) is 5.56 Å². The molecule has 1 amide bonds. The van der Waals surface area contributed by atoms with Crippen LogP contribution >= 0.6 is 11.6 Å². The number of ether oxygens (including phenoxy) is 2. The van der Waals surface area contributed by atoms with Crippen molar-refractivity contribution in [3.8, 4) is 11.5 Å². The van der Waals surface area contributed by atoms with Gasteiger partial charge < -0.3 is 14.8 Å². The van der Waals surface area contributed by atoms with E-state index in [2.05, 4.69) is 5.32 Å². The Morgan fingerprint density at radius 3 is 2.45 bits per heavy atom. The lowest BCUT2D eigenvalue weighted by Gasteiger charge is -2.24. The van der Waals surface area contributed by atoms with Crippen molar-refractivity contribution in [3.63, 3.8) is 0 Å². The Kier molecular flexibility index (Phi) is 6.23. The SMILES string of the molecule is COc1cc(Cl)c(NC(=O)c2cccc(S(=O)(=O)N3c4ccccc4CC3C)c2)cc1OC. The minimum absolute atomic E-state index is 0.0390. The molecule has 0 fully saturated rings. The van der Waals surface area contributed by atoms with Crippen LogP contribution in [0.2, 0.25) is 5.02 Å². The third kappa shape index (κ3) is 4.24. The molecule has 0 aliphatic carbocycles. The Morgan fingerprint density at radius 2 is 1.73 bits per heavy atom. The summed E-state index contributed by atoms with van der Waals surface area (Å²) >= 11 is 6.27. The fourth-order valence-electron chi connectivity index (χ4n) is 3.96. The predicted molar refractivity (Wildman–Crippen MR) is 128 cm³/mol. The van der Waals surface area contributed by atoms with Gasteiger partial charge in [-0.3, -0.25) is 9.10 Å². The van der Waals surface area contributed by atoms with Gasteiger partial charge in [-0.15, -0.1) is 0 Å². The van der Waals surface area contributed by atoms with E-state index in [1.54, 1.807) is 24.3 Å². The summed E-state index contributed by atoms with van der Waals surface area (Å²) in [7, 11) is -0.908. The van der Waals surface area contributed by atoms with Crippen molar-refractivity contribution in [1.82, 2.24) is 0 Å². The minimum atomic E-state index is -3.87. The van der Waals surface area contributed by atoms with Gasteiger partial charge in [-0.25, -0.2) is 8.42 Å². The van der Waals surface area contributed by atoms with E-state index in [9.17, 15) is 13.2 Å². The summed E-state index contributed by atoms with van der Waals surface area (Å²) in [5.41, 5.74) is 2.14. The highest BCUT2D eigenvalue weighted by Gasteiger charge is 2.36. The number of carbonyl (C=O) groups is 1. The molecule has 0 saturated carbocycles. The summed E-state index contributed by atoms with van der Waals surface area (Å²) in [5.74, 6) is 0.319. The first-order valence-corrected chi connectivity index (χ1v) is 12.0. The number of benzene rings is 3. The molecule has 1 atom stereocenters. The van der Waals surface area contributed by atoms with Crippen LogP contribution in [-0.4, -0.2) is 34.6 Å². The lowest BCUT2D eigenvalue weighted by atomic mass is 10.1. The molecule has 0 radical (unpaired) electrons. The Balaban J connectivity index is 1.64. The number of fused-ring (bicyclic) bond motifs is 1. The van der Waals surface area contributed by atoms with Crippen molar-refractivity contribution in [2.45, 2.75) is 24.3 Å². The maximum atomic E-state index is 13.5. The first-order chi connectivity index (χ1) is 15.8. The molecule has 1 aliphatic heterocycles. The third-order valence-electron chi connectivity index (χ3n) is 5.52. The van der Waals surface area contributed by atoms with Gasteiger partial charge in [0.1, 0.15) is 0 Å². The highest BCUT2D eigenvalue weighted by Crippen LogP contribution is 2.38. The molecule has 1 unspecified atom stereocenters. The molecule has 3 aromatic carbocycles. The number of hydrogen-bond acceptors (Lipinski definition) is 5. The second-order valence-corrected chi connectivity index (χ2v) is 9.87. The number of nitrogens with one attached hydrogen (secondary N) is 1. The molecule has 0 bridgehead atoms. The van der Waals surface area contributed by atoms with Crippen molar-refractivity contribution >= 4 is 38.9 Å². The first kappa shape index (κ1) is 22.9. The summed E-state index contributed by atoms with van der Waals surface area (Å²) in [6.45, 7) is 1.87. The lowest BCUT2D eigenvalue weighted by molar-refractivity contribution is 0.102. The number of hydrogen-bond donors (Lipinski definition) is 1. The van der Waals surface area contributed by atoms with Crippen LogP contribution in [0.3, 0.4) is 0 Å². The van der Waals surface area contributed by atoms with Gasteiger partial charge in [0.15, 0.2) is 11.5 Å².